The van der Waals surface area contributed by atoms with E-state index in [-0.39, 0.29) is 11.3 Å². The third-order valence-electron chi connectivity index (χ3n) is 5.48. The summed E-state index contributed by atoms with van der Waals surface area (Å²) in [5, 5.41) is 26.1. The molecule has 1 amide bonds. The van der Waals surface area contributed by atoms with E-state index in [0.717, 1.165) is 24.2 Å². The van der Waals surface area contributed by atoms with E-state index in [1.165, 1.54) is 0 Å². The number of amidine groups is 2. The SMILES string of the molecule is CC(=N)N1C(=N)C2(CC2)CN(c2ccc(C#N)cc2)c2cc(C(N)=O)ccc21. The summed E-state index contributed by atoms with van der Waals surface area (Å²) in [6.07, 6.45) is 1.75. The van der Waals surface area contributed by atoms with Gasteiger partial charge in [0, 0.05) is 23.2 Å². The number of nitriles is 1. The van der Waals surface area contributed by atoms with Crippen molar-refractivity contribution in [2.75, 3.05) is 16.3 Å². The minimum Gasteiger partial charge on any atom is -0.366 e. The van der Waals surface area contributed by atoms with Gasteiger partial charge in [0.25, 0.3) is 0 Å². The number of anilines is 3. The van der Waals surface area contributed by atoms with E-state index in [2.05, 4.69) is 11.0 Å². The second-order valence-corrected chi connectivity index (χ2v) is 7.36. The number of carbonyl (C=O) groups is 1. The lowest BCUT2D eigenvalue weighted by atomic mass is 10.0. The minimum absolute atomic E-state index is 0.256. The number of nitrogens with zero attached hydrogens (tertiary/aromatic N) is 3. The third-order valence-corrected chi connectivity index (χ3v) is 5.48. The van der Waals surface area contributed by atoms with Crippen LogP contribution in [0.25, 0.3) is 0 Å². The highest BCUT2D eigenvalue weighted by Gasteiger charge is 2.53. The van der Waals surface area contributed by atoms with Gasteiger partial charge in [0.15, 0.2) is 0 Å². The Bertz CT molecular complexity index is 1050. The number of primary amides is 1. The van der Waals surface area contributed by atoms with Crippen LogP contribution in [0.2, 0.25) is 0 Å². The largest absolute Gasteiger partial charge is 0.366 e. The van der Waals surface area contributed by atoms with Gasteiger partial charge < -0.3 is 10.6 Å². The number of nitrogens with one attached hydrogen (secondary N) is 2. The van der Waals surface area contributed by atoms with Gasteiger partial charge in [0.1, 0.15) is 11.7 Å². The van der Waals surface area contributed by atoms with Crippen LogP contribution in [0.3, 0.4) is 0 Å². The minimum atomic E-state index is -0.527. The van der Waals surface area contributed by atoms with E-state index >= 15 is 0 Å². The smallest absolute Gasteiger partial charge is 0.248 e. The predicted molar refractivity (Wildman–Crippen MR) is 108 cm³/mol. The van der Waals surface area contributed by atoms with Crippen LogP contribution in [0.4, 0.5) is 17.1 Å². The molecule has 2 aromatic carbocycles. The molecule has 0 bridgehead atoms. The molecular weight excluding hydrogens is 352 g/mol. The van der Waals surface area contributed by atoms with Crippen molar-refractivity contribution < 1.29 is 4.79 Å². The molecule has 1 heterocycles. The first-order valence-corrected chi connectivity index (χ1v) is 9.02. The Hall–Kier alpha value is -3.66. The van der Waals surface area contributed by atoms with Gasteiger partial charge >= 0.3 is 0 Å². The lowest BCUT2D eigenvalue weighted by molar-refractivity contribution is 0.100. The number of benzene rings is 2. The summed E-state index contributed by atoms with van der Waals surface area (Å²) in [6.45, 7) is 2.23. The number of fused-ring (bicyclic) bond motifs is 1. The van der Waals surface area contributed by atoms with E-state index in [1.807, 2.05) is 12.1 Å². The maximum absolute atomic E-state index is 11.8. The molecule has 0 atom stereocenters. The van der Waals surface area contributed by atoms with Crippen LogP contribution in [-0.4, -0.2) is 24.1 Å². The van der Waals surface area contributed by atoms with Gasteiger partial charge in [-0.25, -0.2) is 0 Å². The monoisotopic (exact) mass is 372 g/mol. The zero-order chi connectivity index (χ0) is 20.1. The van der Waals surface area contributed by atoms with E-state index in [9.17, 15) is 4.79 Å². The molecule has 140 valence electrons. The number of hydrogen-bond acceptors (Lipinski definition) is 5. The molecule has 1 fully saturated rings. The van der Waals surface area contributed by atoms with Crippen molar-refractivity contribution >= 4 is 34.6 Å². The van der Waals surface area contributed by atoms with Crippen molar-refractivity contribution in [2.45, 2.75) is 19.8 Å². The standard InChI is InChI=1S/C21H20N6O/c1-13(23)27-17-7-4-15(19(24)28)10-18(17)26(12-21(8-9-21)20(27)25)16-5-2-14(11-22)3-6-16/h2-7,10,23,25H,8-9,12H2,1H3,(H2,24,28). The van der Waals surface area contributed by atoms with Crippen molar-refractivity contribution in [1.29, 1.82) is 16.1 Å². The zero-order valence-electron chi connectivity index (χ0n) is 15.5. The van der Waals surface area contributed by atoms with Crippen molar-refractivity contribution in [3.63, 3.8) is 0 Å². The van der Waals surface area contributed by atoms with Gasteiger partial charge in [-0.15, -0.1) is 0 Å². The Morgan fingerprint density at radius 2 is 1.86 bits per heavy atom. The highest BCUT2D eigenvalue weighted by atomic mass is 16.1. The first-order valence-electron chi connectivity index (χ1n) is 9.02. The summed E-state index contributed by atoms with van der Waals surface area (Å²) in [6, 6.07) is 14.5. The van der Waals surface area contributed by atoms with Crippen LogP contribution in [0, 0.1) is 27.6 Å². The van der Waals surface area contributed by atoms with Gasteiger partial charge in [0.2, 0.25) is 5.91 Å². The Kier molecular flexibility index (Phi) is 3.93. The van der Waals surface area contributed by atoms with Gasteiger partial charge in [-0.1, -0.05) is 0 Å². The Labute approximate surface area is 163 Å². The van der Waals surface area contributed by atoms with Gasteiger partial charge in [-0.2, -0.15) is 5.26 Å². The molecule has 0 saturated heterocycles. The molecule has 4 N–H and O–H groups in total. The first kappa shape index (κ1) is 17.7. The van der Waals surface area contributed by atoms with Crippen molar-refractivity contribution in [1.82, 2.24) is 0 Å². The molecule has 1 aliphatic carbocycles. The quantitative estimate of drug-likeness (QED) is 0.553. The fourth-order valence-electron chi connectivity index (χ4n) is 3.74. The molecule has 7 heteroatoms. The van der Waals surface area contributed by atoms with E-state index in [4.69, 9.17) is 21.8 Å². The molecule has 2 aromatic rings. The fourth-order valence-corrected chi connectivity index (χ4v) is 3.74. The van der Waals surface area contributed by atoms with E-state index in [1.54, 1.807) is 42.2 Å². The second kappa shape index (κ2) is 6.20. The number of nitrogens with two attached hydrogens (primary N) is 1. The topological polar surface area (TPSA) is 121 Å². The van der Waals surface area contributed by atoms with Crippen LogP contribution in [0.15, 0.2) is 42.5 Å². The van der Waals surface area contributed by atoms with E-state index < -0.39 is 5.91 Å². The third kappa shape index (κ3) is 2.70. The number of rotatable bonds is 2. The highest BCUT2D eigenvalue weighted by Crippen LogP contribution is 2.54. The molecule has 4 rings (SSSR count). The van der Waals surface area contributed by atoms with Gasteiger partial charge in [-0.05, 0) is 62.2 Å². The average Bonchev–Trinajstić information content (AvgIpc) is 3.48. The fraction of sp³-hybridized carbons (Fsp3) is 0.238. The van der Waals surface area contributed by atoms with Gasteiger partial charge in [0.05, 0.1) is 23.0 Å². The Morgan fingerprint density at radius 3 is 2.39 bits per heavy atom. The first-order chi connectivity index (χ1) is 13.4. The molecule has 0 unspecified atom stereocenters. The summed E-state index contributed by atoms with van der Waals surface area (Å²) >= 11 is 0. The Balaban J connectivity index is 1.94. The van der Waals surface area contributed by atoms with Crippen molar-refractivity contribution in [3.05, 3.63) is 53.6 Å². The van der Waals surface area contributed by atoms with Gasteiger partial charge in [-0.3, -0.25) is 20.5 Å². The summed E-state index contributed by atoms with van der Waals surface area (Å²) in [4.78, 5) is 15.5. The maximum atomic E-state index is 11.8. The summed E-state index contributed by atoms with van der Waals surface area (Å²) < 4.78 is 0. The molecule has 0 aromatic heterocycles. The molecule has 1 aliphatic heterocycles. The molecule has 0 radical (unpaired) electrons. The van der Waals surface area contributed by atoms with Crippen LogP contribution in [0.5, 0.6) is 0 Å². The summed E-state index contributed by atoms with van der Waals surface area (Å²) in [5.41, 5.74) is 8.38. The molecule has 28 heavy (non-hydrogen) atoms. The lowest BCUT2D eigenvalue weighted by Gasteiger charge is -2.27. The van der Waals surface area contributed by atoms with Crippen LogP contribution >= 0.6 is 0 Å². The molecule has 1 saturated carbocycles. The van der Waals surface area contributed by atoms with Crippen LogP contribution in [-0.2, 0) is 0 Å². The molecule has 2 aliphatic rings. The maximum Gasteiger partial charge on any atom is 0.248 e. The van der Waals surface area contributed by atoms with Crippen molar-refractivity contribution in [3.8, 4) is 6.07 Å². The summed E-state index contributed by atoms with van der Waals surface area (Å²) in [7, 11) is 0. The number of hydrogen-bond donors (Lipinski definition) is 3. The molecular formula is C21H20N6O. The average molecular weight is 372 g/mol. The predicted octanol–water partition coefficient (Wildman–Crippen LogP) is 3.37. The molecule has 1 spiro atoms. The summed E-state index contributed by atoms with van der Waals surface area (Å²) in [5.74, 6) is 0.136. The van der Waals surface area contributed by atoms with Crippen molar-refractivity contribution in [2.24, 2.45) is 11.1 Å². The van der Waals surface area contributed by atoms with Crippen LogP contribution in [0.1, 0.15) is 35.7 Å². The molecule has 7 nitrogen and oxygen atoms in total. The van der Waals surface area contributed by atoms with Crippen LogP contribution < -0.4 is 15.5 Å². The van der Waals surface area contributed by atoms with E-state index in [0.29, 0.717) is 29.2 Å². The highest BCUT2D eigenvalue weighted by molar-refractivity contribution is 6.21. The zero-order valence-corrected chi connectivity index (χ0v) is 15.5. The second-order valence-electron chi connectivity index (χ2n) is 7.36. The number of amides is 1. The lowest BCUT2D eigenvalue weighted by Crippen LogP contribution is -2.40. The number of carbonyl (C=O) groups excluding carboxylic acids is 1. The normalized spacial score (nSPS) is 16.9. The Morgan fingerprint density at radius 1 is 1.18 bits per heavy atom.